The van der Waals surface area contributed by atoms with Crippen LogP contribution in [0.15, 0.2) is 42.5 Å². The fourth-order valence-corrected chi connectivity index (χ4v) is 2.34. The molecule has 0 atom stereocenters. The summed E-state index contributed by atoms with van der Waals surface area (Å²) in [4.78, 5) is 4.53. The van der Waals surface area contributed by atoms with Crippen molar-refractivity contribution in [3.05, 3.63) is 48.0 Å². The number of aromatic nitrogens is 1. The summed E-state index contributed by atoms with van der Waals surface area (Å²) in [6.07, 6.45) is 0.562. The standard InChI is InChI=1S/C17H14N2O2/c18-11-12-6-7-14-13-4-1-2-5-15(13)17(19-16(14)10-12)21-9-3-8-20/h1-2,4-7,10,20H,3,8-9H2. The number of hydrogen-bond donors (Lipinski definition) is 1. The van der Waals surface area contributed by atoms with Crippen molar-refractivity contribution in [1.82, 2.24) is 4.98 Å². The Balaban J connectivity index is 2.21. The Morgan fingerprint density at radius 1 is 1.10 bits per heavy atom. The molecule has 2 aromatic carbocycles. The third-order valence-electron chi connectivity index (χ3n) is 3.34. The van der Waals surface area contributed by atoms with Gasteiger partial charge < -0.3 is 9.84 Å². The summed E-state index contributed by atoms with van der Waals surface area (Å²) in [6.45, 7) is 0.501. The third kappa shape index (κ3) is 2.51. The van der Waals surface area contributed by atoms with Gasteiger partial charge in [0.1, 0.15) is 0 Å². The Morgan fingerprint density at radius 2 is 1.90 bits per heavy atom. The highest BCUT2D eigenvalue weighted by molar-refractivity contribution is 6.07. The number of ether oxygens (including phenoxy) is 1. The number of nitriles is 1. The van der Waals surface area contributed by atoms with Crippen molar-refractivity contribution < 1.29 is 9.84 Å². The van der Waals surface area contributed by atoms with Gasteiger partial charge in [-0.2, -0.15) is 5.26 Å². The molecule has 1 N–H and O–H groups in total. The van der Waals surface area contributed by atoms with Crippen molar-refractivity contribution in [2.45, 2.75) is 6.42 Å². The average Bonchev–Trinajstić information content (AvgIpc) is 2.54. The number of pyridine rings is 1. The number of benzene rings is 2. The molecule has 104 valence electrons. The Labute approximate surface area is 122 Å². The molecule has 0 aliphatic rings. The first kappa shape index (κ1) is 13.3. The summed E-state index contributed by atoms with van der Waals surface area (Å²) < 4.78 is 5.69. The summed E-state index contributed by atoms with van der Waals surface area (Å²) in [5.74, 6) is 0.543. The quantitative estimate of drug-likeness (QED) is 0.588. The van der Waals surface area contributed by atoms with E-state index >= 15 is 0 Å². The number of hydrogen-bond acceptors (Lipinski definition) is 4. The number of rotatable bonds is 4. The predicted octanol–water partition coefficient (Wildman–Crippen LogP) is 3.02. The van der Waals surface area contributed by atoms with E-state index in [1.165, 1.54) is 0 Å². The van der Waals surface area contributed by atoms with Crippen LogP contribution in [0.1, 0.15) is 12.0 Å². The van der Waals surface area contributed by atoms with Crippen molar-refractivity contribution in [3.8, 4) is 11.9 Å². The van der Waals surface area contributed by atoms with Gasteiger partial charge in [-0.1, -0.05) is 24.3 Å². The summed E-state index contributed by atoms with van der Waals surface area (Å²) in [6, 6.07) is 15.5. The lowest BCUT2D eigenvalue weighted by Gasteiger charge is -2.10. The summed E-state index contributed by atoms with van der Waals surface area (Å²) in [5.41, 5.74) is 1.32. The van der Waals surface area contributed by atoms with E-state index in [-0.39, 0.29) is 6.61 Å². The van der Waals surface area contributed by atoms with Gasteiger partial charge in [-0.15, -0.1) is 0 Å². The van der Waals surface area contributed by atoms with Crippen LogP contribution < -0.4 is 4.74 Å². The molecule has 0 fully saturated rings. The van der Waals surface area contributed by atoms with Crippen molar-refractivity contribution in [1.29, 1.82) is 5.26 Å². The Morgan fingerprint density at radius 3 is 2.67 bits per heavy atom. The van der Waals surface area contributed by atoms with Crippen molar-refractivity contribution in [2.24, 2.45) is 0 Å². The molecular weight excluding hydrogens is 264 g/mol. The lowest BCUT2D eigenvalue weighted by molar-refractivity contribution is 0.231. The molecule has 0 amide bonds. The van der Waals surface area contributed by atoms with Crippen LogP contribution in [0, 0.1) is 11.3 Å². The minimum absolute atomic E-state index is 0.0874. The Kier molecular flexibility index (Phi) is 3.67. The zero-order valence-corrected chi connectivity index (χ0v) is 11.4. The second kappa shape index (κ2) is 5.78. The highest BCUT2D eigenvalue weighted by Crippen LogP contribution is 2.31. The van der Waals surface area contributed by atoms with Gasteiger partial charge in [-0.25, -0.2) is 4.98 Å². The van der Waals surface area contributed by atoms with Crippen LogP contribution >= 0.6 is 0 Å². The SMILES string of the molecule is N#Cc1ccc2c(c1)nc(OCCCO)c1ccccc12. The van der Waals surface area contributed by atoms with E-state index < -0.39 is 0 Å². The van der Waals surface area contributed by atoms with E-state index in [0.717, 1.165) is 21.7 Å². The zero-order valence-electron chi connectivity index (χ0n) is 11.4. The lowest BCUT2D eigenvalue weighted by Crippen LogP contribution is -2.02. The Hall–Kier alpha value is -2.64. The number of fused-ring (bicyclic) bond motifs is 3. The number of aliphatic hydroxyl groups is 1. The maximum Gasteiger partial charge on any atom is 0.221 e. The topological polar surface area (TPSA) is 66.1 Å². The molecule has 0 spiro atoms. The zero-order chi connectivity index (χ0) is 14.7. The number of aliphatic hydroxyl groups excluding tert-OH is 1. The first-order valence-corrected chi connectivity index (χ1v) is 6.80. The summed E-state index contributed by atoms with van der Waals surface area (Å²) in [5, 5.41) is 20.9. The van der Waals surface area contributed by atoms with Crippen LogP contribution in [0.25, 0.3) is 21.7 Å². The molecule has 0 unspecified atom stereocenters. The van der Waals surface area contributed by atoms with Crippen LogP contribution in [-0.2, 0) is 0 Å². The highest BCUT2D eigenvalue weighted by atomic mass is 16.5. The Bertz CT molecular complexity index is 837. The highest BCUT2D eigenvalue weighted by Gasteiger charge is 2.09. The minimum atomic E-state index is 0.0874. The molecule has 3 aromatic rings. The molecule has 0 aliphatic carbocycles. The molecule has 1 aromatic heterocycles. The molecule has 21 heavy (non-hydrogen) atoms. The van der Waals surface area contributed by atoms with Crippen molar-refractivity contribution in [3.63, 3.8) is 0 Å². The first-order chi connectivity index (χ1) is 10.3. The maximum atomic E-state index is 9.02. The monoisotopic (exact) mass is 278 g/mol. The van der Waals surface area contributed by atoms with Crippen LogP contribution in [-0.4, -0.2) is 23.3 Å². The molecule has 0 radical (unpaired) electrons. The van der Waals surface area contributed by atoms with E-state index in [9.17, 15) is 0 Å². The van der Waals surface area contributed by atoms with Gasteiger partial charge in [0.2, 0.25) is 5.88 Å². The molecule has 0 saturated heterocycles. The van der Waals surface area contributed by atoms with Gasteiger partial charge in [0, 0.05) is 23.8 Å². The minimum Gasteiger partial charge on any atom is -0.477 e. The second-order valence-corrected chi connectivity index (χ2v) is 4.73. The van der Waals surface area contributed by atoms with Gasteiger partial charge in [-0.05, 0) is 23.6 Å². The van der Waals surface area contributed by atoms with Gasteiger partial charge in [0.15, 0.2) is 0 Å². The molecule has 3 rings (SSSR count). The van der Waals surface area contributed by atoms with E-state index in [1.807, 2.05) is 30.3 Å². The van der Waals surface area contributed by atoms with E-state index in [0.29, 0.717) is 24.5 Å². The molecule has 0 saturated carbocycles. The molecule has 4 heteroatoms. The summed E-state index contributed by atoms with van der Waals surface area (Å²) in [7, 11) is 0. The van der Waals surface area contributed by atoms with Crippen LogP contribution in [0.3, 0.4) is 0 Å². The average molecular weight is 278 g/mol. The van der Waals surface area contributed by atoms with Gasteiger partial charge in [0.25, 0.3) is 0 Å². The summed E-state index contributed by atoms with van der Waals surface area (Å²) >= 11 is 0. The van der Waals surface area contributed by atoms with Crippen molar-refractivity contribution >= 4 is 21.7 Å². The molecule has 0 aliphatic heterocycles. The van der Waals surface area contributed by atoms with Gasteiger partial charge >= 0.3 is 0 Å². The van der Waals surface area contributed by atoms with E-state index in [4.69, 9.17) is 15.1 Å². The maximum absolute atomic E-state index is 9.02. The van der Waals surface area contributed by atoms with Crippen LogP contribution in [0.4, 0.5) is 0 Å². The second-order valence-electron chi connectivity index (χ2n) is 4.73. The normalized spacial score (nSPS) is 10.7. The smallest absolute Gasteiger partial charge is 0.221 e. The molecular formula is C17H14N2O2. The third-order valence-corrected chi connectivity index (χ3v) is 3.34. The molecule has 1 heterocycles. The van der Waals surface area contributed by atoms with Crippen LogP contribution in [0.5, 0.6) is 5.88 Å². The predicted molar refractivity (Wildman–Crippen MR) is 81.2 cm³/mol. The molecule has 0 bridgehead atoms. The van der Waals surface area contributed by atoms with Crippen LogP contribution in [0.2, 0.25) is 0 Å². The molecule has 4 nitrogen and oxygen atoms in total. The fourth-order valence-electron chi connectivity index (χ4n) is 2.34. The van der Waals surface area contributed by atoms with E-state index in [2.05, 4.69) is 11.1 Å². The van der Waals surface area contributed by atoms with Crippen molar-refractivity contribution in [2.75, 3.05) is 13.2 Å². The fraction of sp³-hybridized carbons (Fsp3) is 0.176. The largest absolute Gasteiger partial charge is 0.477 e. The van der Waals surface area contributed by atoms with Gasteiger partial charge in [-0.3, -0.25) is 0 Å². The van der Waals surface area contributed by atoms with E-state index in [1.54, 1.807) is 12.1 Å². The number of nitrogens with zero attached hydrogens (tertiary/aromatic N) is 2. The first-order valence-electron chi connectivity index (χ1n) is 6.80. The lowest BCUT2D eigenvalue weighted by atomic mass is 10.0. The van der Waals surface area contributed by atoms with Gasteiger partial charge in [0.05, 0.1) is 23.8 Å².